The zero-order chi connectivity index (χ0) is 14.8. The summed E-state index contributed by atoms with van der Waals surface area (Å²) in [6.07, 6.45) is 0. The van der Waals surface area contributed by atoms with Crippen molar-refractivity contribution in [3.05, 3.63) is 41.8 Å². The van der Waals surface area contributed by atoms with E-state index in [1.165, 1.54) is 0 Å². The fraction of sp³-hybridized carbons (Fsp3) is 0.312. The van der Waals surface area contributed by atoms with Gasteiger partial charge in [-0.15, -0.1) is 0 Å². The fourth-order valence-electron chi connectivity index (χ4n) is 2.37. The number of pyridine rings is 1. The standard InChI is InChI=1S/C16H18N4O/c1-4-17-11(3)16-19-15(20-21-16)14-9-10(2)12-7-5-6-8-13(12)18-14/h5-9,11,17H,4H2,1-3H3. The summed E-state index contributed by atoms with van der Waals surface area (Å²) >= 11 is 0. The van der Waals surface area contributed by atoms with Gasteiger partial charge in [-0.1, -0.05) is 30.3 Å². The number of benzene rings is 1. The molecule has 3 aromatic rings. The van der Waals surface area contributed by atoms with Crippen LogP contribution in [0.1, 0.15) is 31.3 Å². The molecule has 1 N–H and O–H groups in total. The predicted molar refractivity (Wildman–Crippen MR) is 81.9 cm³/mol. The Labute approximate surface area is 123 Å². The summed E-state index contributed by atoms with van der Waals surface area (Å²) < 4.78 is 5.32. The van der Waals surface area contributed by atoms with Gasteiger partial charge in [0.15, 0.2) is 0 Å². The number of aromatic nitrogens is 3. The summed E-state index contributed by atoms with van der Waals surface area (Å²) in [5.74, 6) is 1.11. The van der Waals surface area contributed by atoms with Gasteiger partial charge in [0.1, 0.15) is 5.69 Å². The Balaban J connectivity index is 2.01. The molecule has 0 aliphatic rings. The zero-order valence-electron chi connectivity index (χ0n) is 12.4. The number of hydrogen-bond acceptors (Lipinski definition) is 5. The summed E-state index contributed by atoms with van der Waals surface area (Å²) in [5, 5.41) is 8.44. The van der Waals surface area contributed by atoms with Crippen molar-refractivity contribution >= 4 is 10.9 Å². The number of para-hydroxylation sites is 1. The molecule has 5 heteroatoms. The van der Waals surface area contributed by atoms with E-state index in [1.807, 2.05) is 38.1 Å². The summed E-state index contributed by atoms with van der Waals surface area (Å²) in [4.78, 5) is 9.06. The predicted octanol–water partition coefficient (Wildman–Crippen LogP) is 3.26. The maximum Gasteiger partial charge on any atom is 0.243 e. The topological polar surface area (TPSA) is 63.8 Å². The van der Waals surface area contributed by atoms with Gasteiger partial charge in [0.25, 0.3) is 0 Å². The lowest BCUT2D eigenvalue weighted by Gasteiger charge is -2.05. The maximum atomic E-state index is 5.32. The molecular weight excluding hydrogens is 264 g/mol. The molecule has 1 atom stereocenters. The number of aryl methyl sites for hydroxylation is 1. The number of nitrogens with one attached hydrogen (secondary N) is 1. The molecule has 2 aromatic heterocycles. The third-order valence-corrected chi connectivity index (χ3v) is 3.47. The highest BCUT2D eigenvalue weighted by atomic mass is 16.5. The Morgan fingerprint density at radius 1 is 1.24 bits per heavy atom. The molecule has 21 heavy (non-hydrogen) atoms. The molecule has 2 heterocycles. The van der Waals surface area contributed by atoms with E-state index in [2.05, 4.69) is 33.4 Å². The number of rotatable bonds is 4. The minimum absolute atomic E-state index is 0.0396. The molecule has 5 nitrogen and oxygen atoms in total. The molecule has 1 unspecified atom stereocenters. The first kappa shape index (κ1) is 13.7. The van der Waals surface area contributed by atoms with E-state index >= 15 is 0 Å². The van der Waals surface area contributed by atoms with Crippen LogP contribution in [0.5, 0.6) is 0 Å². The van der Waals surface area contributed by atoms with Crippen LogP contribution in [0.3, 0.4) is 0 Å². The summed E-state index contributed by atoms with van der Waals surface area (Å²) in [5.41, 5.74) is 2.84. The second kappa shape index (κ2) is 5.61. The monoisotopic (exact) mass is 282 g/mol. The second-order valence-corrected chi connectivity index (χ2v) is 5.08. The van der Waals surface area contributed by atoms with Crippen LogP contribution in [0, 0.1) is 6.92 Å². The van der Waals surface area contributed by atoms with Crippen molar-refractivity contribution in [1.29, 1.82) is 0 Å². The first-order valence-corrected chi connectivity index (χ1v) is 7.12. The fourth-order valence-corrected chi connectivity index (χ4v) is 2.37. The molecule has 0 aliphatic heterocycles. The molecule has 0 aliphatic carbocycles. The van der Waals surface area contributed by atoms with Crippen LogP contribution < -0.4 is 5.32 Å². The van der Waals surface area contributed by atoms with E-state index in [0.29, 0.717) is 11.7 Å². The first-order chi connectivity index (χ1) is 10.2. The smallest absolute Gasteiger partial charge is 0.243 e. The largest absolute Gasteiger partial charge is 0.337 e. The average Bonchev–Trinajstić information content (AvgIpc) is 2.97. The first-order valence-electron chi connectivity index (χ1n) is 7.12. The van der Waals surface area contributed by atoms with Crippen molar-refractivity contribution < 1.29 is 4.52 Å². The Morgan fingerprint density at radius 3 is 2.86 bits per heavy atom. The van der Waals surface area contributed by atoms with Gasteiger partial charge in [-0.3, -0.25) is 0 Å². The number of fused-ring (bicyclic) bond motifs is 1. The van der Waals surface area contributed by atoms with E-state index in [4.69, 9.17) is 4.52 Å². The Bertz CT molecular complexity index is 766. The van der Waals surface area contributed by atoms with E-state index < -0.39 is 0 Å². The van der Waals surface area contributed by atoms with Crippen molar-refractivity contribution in [3.8, 4) is 11.5 Å². The minimum Gasteiger partial charge on any atom is -0.337 e. The highest BCUT2D eigenvalue weighted by Crippen LogP contribution is 2.23. The summed E-state index contributed by atoms with van der Waals surface area (Å²) in [6.45, 7) is 6.96. The molecule has 1 aromatic carbocycles. The van der Waals surface area contributed by atoms with E-state index in [9.17, 15) is 0 Å². The summed E-state index contributed by atoms with van der Waals surface area (Å²) in [6, 6.07) is 10.1. The van der Waals surface area contributed by atoms with E-state index in [-0.39, 0.29) is 6.04 Å². The zero-order valence-corrected chi connectivity index (χ0v) is 12.4. The third-order valence-electron chi connectivity index (χ3n) is 3.47. The van der Waals surface area contributed by atoms with Gasteiger partial charge in [0.05, 0.1) is 11.6 Å². The van der Waals surface area contributed by atoms with Crippen LogP contribution in [0.15, 0.2) is 34.9 Å². The molecule has 0 bridgehead atoms. The van der Waals surface area contributed by atoms with Crippen LogP contribution in [0.2, 0.25) is 0 Å². The van der Waals surface area contributed by atoms with Gasteiger partial charge in [0.2, 0.25) is 11.7 Å². The molecule has 0 radical (unpaired) electrons. The Hall–Kier alpha value is -2.27. The van der Waals surface area contributed by atoms with Gasteiger partial charge in [0, 0.05) is 5.39 Å². The quantitative estimate of drug-likeness (QED) is 0.795. The maximum absolute atomic E-state index is 5.32. The average molecular weight is 282 g/mol. The number of nitrogens with zero attached hydrogens (tertiary/aromatic N) is 3. The van der Waals surface area contributed by atoms with Crippen molar-refractivity contribution in [2.45, 2.75) is 26.8 Å². The van der Waals surface area contributed by atoms with Crippen molar-refractivity contribution in [3.63, 3.8) is 0 Å². The normalized spacial score (nSPS) is 12.7. The molecule has 0 saturated heterocycles. The van der Waals surface area contributed by atoms with Gasteiger partial charge in [-0.25, -0.2) is 4.98 Å². The highest BCUT2D eigenvalue weighted by Gasteiger charge is 2.15. The Kier molecular flexibility index (Phi) is 3.66. The van der Waals surface area contributed by atoms with Crippen LogP contribution >= 0.6 is 0 Å². The molecule has 108 valence electrons. The SMILES string of the molecule is CCNC(C)c1nc(-c2cc(C)c3ccccc3n2)no1. The van der Waals surface area contributed by atoms with Crippen LogP contribution in [-0.2, 0) is 0 Å². The van der Waals surface area contributed by atoms with Crippen LogP contribution in [0.25, 0.3) is 22.4 Å². The van der Waals surface area contributed by atoms with Crippen LogP contribution in [0.4, 0.5) is 0 Å². The second-order valence-electron chi connectivity index (χ2n) is 5.08. The van der Waals surface area contributed by atoms with Crippen molar-refractivity contribution in [1.82, 2.24) is 20.4 Å². The molecule has 0 saturated carbocycles. The molecule has 0 amide bonds. The van der Waals surface area contributed by atoms with Crippen molar-refractivity contribution in [2.24, 2.45) is 0 Å². The molecule has 0 spiro atoms. The number of hydrogen-bond donors (Lipinski definition) is 1. The summed E-state index contributed by atoms with van der Waals surface area (Å²) in [7, 11) is 0. The minimum atomic E-state index is 0.0396. The molecule has 3 rings (SSSR count). The molecular formula is C16H18N4O. The van der Waals surface area contributed by atoms with Gasteiger partial charge < -0.3 is 9.84 Å². The van der Waals surface area contributed by atoms with E-state index in [0.717, 1.165) is 28.7 Å². The Morgan fingerprint density at radius 2 is 2.05 bits per heavy atom. The third kappa shape index (κ3) is 2.64. The van der Waals surface area contributed by atoms with Gasteiger partial charge in [-0.2, -0.15) is 4.98 Å². The lowest BCUT2D eigenvalue weighted by Crippen LogP contribution is -2.17. The van der Waals surface area contributed by atoms with Gasteiger partial charge in [-0.05, 0) is 38.1 Å². The highest BCUT2D eigenvalue weighted by molar-refractivity contribution is 5.84. The van der Waals surface area contributed by atoms with Gasteiger partial charge >= 0.3 is 0 Å². The van der Waals surface area contributed by atoms with Crippen molar-refractivity contribution in [2.75, 3.05) is 6.54 Å². The molecule has 0 fully saturated rings. The lowest BCUT2D eigenvalue weighted by molar-refractivity contribution is 0.342. The van der Waals surface area contributed by atoms with Crippen LogP contribution in [-0.4, -0.2) is 21.7 Å². The lowest BCUT2D eigenvalue weighted by atomic mass is 10.1. The van der Waals surface area contributed by atoms with E-state index in [1.54, 1.807) is 0 Å².